The van der Waals surface area contributed by atoms with E-state index in [0.717, 1.165) is 55.8 Å². The number of likely N-dealkylation sites (tertiary alicyclic amines) is 1. The lowest BCUT2D eigenvalue weighted by Gasteiger charge is -2.30. The minimum absolute atomic E-state index is 0.0179. The van der Waals surface area contributed by atoms with E-state index in [9.17, 15) is 4.79 Å². The molecule has 5 rings (SSSR count). The fourth-order valence-corrected chi connectivity index (χ4v) is 5.02. The SMILES string of the molecule is COc1ccc(-c2noc(CN3CCC(C(=O)Nc4ccc(OC5CCCC5)cc4)CC3)n2)cc1OC. The summed E-state index contributed by atoms with van der Waals surface area (Å²) in [6.07, 6.45) is 6.64. The Morgan fingerprint density at radius 2 is 1.73 bits per heavy atom. The van der Waals surface area contributed by atoms with Gasteiger partial charge in [-0.15, -0.1) is 0 Å². The highest BCUT2D eigenvalue weighted by molar-refractivity contribution is 5.92. The summed E-state index contributed by atoms with van der Waals surface area (Å²) in [5.74, 6) is 3.23. The maximum Gasteiger partial charge on any atom is 0.241 e. The molecule has 1 aromatic heterocycles. The van der Waals surface area contributed by atoms with E-state index in [4.69, 9.17) is 18.7 Å². The molecule has 2 aliphatic rings. The standard InChI is InChI=1S/C28H34N4O5/c1-34-24-12-7-20(17-25(24)35-2)27-30-26(37-31-27)18-32-15-13-19(14-16-32)28(33)29-21-8-10-23(11-9-21)36-22-5-3-4-6-22/h7-12,17,19,22H,3-6,13-16,18H2,1-2H3,(H,29,33). The van der Waals surface area contributed by atoms with Gasteiger partial charge in [0.1, 0.15) is 5.75 Å². The van der Waals surface area contributed by atoms with Gasteiger partial charge in [-0.2, -0.15) is 4.98 Å². The first-order chi connectivity index (χ1) is 18.1. The Morgan fingerprint density at radius 3 is 2.43 bits per heavy atom. The molecule has 196 valence electrons. The van der Waals surface area contributed by atoms with Crippen LogP contribution in [0.25, 0.3) is 11.4 Å². The first kappa shape index (κ1) is 25.1. The summed E-state index contributed by atoms with van der Waals surface area (Å²) in [5, 5.41) is 7.19. The molecular weight excluding hydrogens is 472 g/mol. The van der Waals surface area contributed by atoms with Crippen molar-refractivity contribution in [1.29, 1.82) is 0 Å². The summed E-state index contributed by atoms with van der Waals surface area (Å²) in [6, 6.07) is 13.2. The van der Waals surface area contributed by atoms with E-state index in [0.29, 0.717) is 35.9 Å². The number of methoxy groups -OCH3 is 2. The quantitative estimate of drug-likeness (QED) is 0.436. The Kier molecular flexibility index (Phi) is 7.89. The molecule has 1 aliphatic carbocycles. The van der Waals surface area contributed by atoms with Gasteiger partial charge >= 0.3 is 0 Å². The number of hydrogen-bond acceptors (Lipinski definition) is 8. The van der Waals surface area contributed by atoms with Gasteiger partial charge in [0.2, 0.25) is 17.6 Å². The average Bonchev–Trinajstić information content (AvgIpc) is 3.62. The zero-order valence-electron chi connectivity index (χ0n) is 21.4. The molecular formula is C28H34N4O5. The van der Waals surface area contributed by atoms with E-state index < -0.39 is 0 Å². The van der Waals surface area contributed by atoms with Crippen LogP contribution in [0, 0.1) is 5.92 Å². The molecule has 0 unspecified atom stereocenters. The summed E-state index contributed by atoms with van der Waals surface area (Å²) in [4.78, 5) is 19.6. The minimum Gasteiger partial charge on any atom is -0.493 e. The number of carbonyl (C=O) groups is 1. The molecule has 0 radical (unpaired) electrons. The van der Waals surface area contributed by atoms with Crippen LogP contribution in [-0.4, -0.2) is 54.4 Å². The lowest BCUT2D eigenvalue weighted by molar-refractivity contribution is -0.121. The van der Waals surface area contributed by atoms with Crippen molar-refractivity contribution in [1.82, 2.24) is 15.0 Å². The molecule has 37 heavy (non-hydrogen) atoms. The molecule has 1 saturated heterocycles. The second-order valence-corrected chi connectivity index (χ2v) is 9.67. The Balaban J connectivity index is 1.09. The number of hydrogen-bond donors (Lipinski definition) is 1. The number of anilines is 1. The maximum atomic E-state index is 12.8. The Bertz CT molecular complexity index is 1180. The summed E-state index contributed by atoms with van der Waals surface area (Å²) >= 11 is 0. The van der Waals surface area contributed by atoms with Crippen molar-refractivity contribution < 1.29 is 23.5 Å². The molecule has 9 heteroatoms. The third kappa shape index (κ3) is 6.22. The smallest absolute Gasteiger partial charge is 0.241 e. The van der Waals surface area contributed by atoms with Crippen molar-refractivity contribution in [3.05, 3.63) is 48.4 Å². The lowest BCUT2D eigenvalue weighted by Crippen LogP contribution is -2.37. The molecule has 0 spiro atoms. The topological polar surface area (TPSA) is 99.0 Å². The summed E-state index contributed by atoms with van der Waals surface area (Å²) in [5.41, 5.74) is 1.60. The van der Waals surface area contributed by atoms with Gasteiger partial charge < -0.3 is 24.1 Å². The van der Waals surface area contributed by atoms with Crippen molar-refractivity contribution in [2.75, 3.05) is 32.6 Å². The second-order valence-electron chi connectivity index (χ2n) is 9.67. The fraction of sp³-hybridized carbons (Fsp3) is 0.464. The first-order valence-electron chi connectivity index (χ1n) is 13.0. The van der Waals surface area contributed by atoms with Gasteiger partial charge in [0.25, 0.3) is 0 Å². The molecule has 1 aliphatic heterocycles. The highest BCUT2D eigenvalue weighted by Gasteiger charge is 2.26. The highest BCUT2D eigenvalue weighted by atomic mass is 16.5. The maximum absolute atomic E-state index is 12.8. The number of aromatic nitrogens is 2. The fourth-order valence-electron chi connectivity index (χ4n) is 5.02. The molecule has 1 N–H and O–H groups in total. The van der Waals surface area contributed by atoms with Crippen LogP contribution in [0.4, 0.5) is 5.69 Å². The first-order valence-corrected chi connectivity index (χ1v) is 13.0. The molecule has 0 atom stereocenters. The van der Waals surface area contributed by atoms with Crippen LogP contribution in [0.1, 0.15) is 44.4 Å². The monoisotopic (exact) mass is 506 g/mol. The Morgan fingerprint density at radius 1 is 1.00 bits per heavy atom. The van der Waals surface area contributed by atoms with Gasteiger partial charge in [0, 0.05) is 17.2 Å². The normalized spacial score (nSPS) is 17.0. The van der Waals surface area contributed by atoms with Gasteiger partial charge in [0.05, 0.1) is 26.9 Å². The van der Waals surface area contributed by atoms with E-state index in [1.54, 1.807) is 14.2 Å². The number of piperidine rings is 1. The third-order valence-corrected chi connectivity index (χ3v) is 7.15. The Hall–Kier alpha value is -3.59. The van der Waals surface area contributed by atoms with Crippen molar-refractivity contribution in [3.63, 3.8) is 0 Å². The van der Waals surface area contributed by atoms with Crippen LogP contribution in [0.3, 0.4) is 0 Å². The number of benzene rings is 2. The van der Waals surface area contributed by atoms with Crippen molar-refractivity contribution >= 4 is 11.6 Å². The molecule has 1 saturated carbocycles. The van der Waals surface area contributed by atoms with E-state index >= 15 is 0 Å². The predicted octanol–water partition coefficient (Wildman–Crippen LogP) is 4.93. The Labute approximate surface area is 217 Å². The second kappa shape index (κ2) is 11.6. The molecule has 3 aromatic rings. The number of nitrogens with one attached hydrogen (secondary N) is 1. The zero-order valence-corrected chi connectivity index (χ0v) is 21.4. The van der Waals surface area contributed by atoms with E-state index in [1.165, 1.54) is 12.8 Å². The molecule has 0 bridgehead atoms. The van der Waals surface area contributed by atoms with Crippen LogP contribution >= 0.6 is 0 Å². The number of ether oxygens (including phenoxy) is 3. The average molecular weight is 507 g/mol. The van der Waals surface area contributed by atoms with E-state index in [-0.39, 0.29) is 11.8 Å². The summed E-state index contributed by atoms with van der Waals surface area (Å²) in [7, 11) is 3.19. The van der Waals surface area contributed by atoms with Gasteiger partial charge in [-0.1, -0.05) is 5.16 Å². The summed E-state index contributed by atoms with van der Waals surface area (Å²) in [6.45, 7) is 2.14. The number of carbonyl (C=O) groups excluding carboxylic acids is 1. The predicted molar refractivity (Wildman–Crippen MR) is 139 cm³/mol. The van der Waals surface area contributed by atoms with Gasteiger partial charge in [-0.25, -0.2) is 0 Å². The van der Waals surface area contributed by atoms with E-state index in [2.05, 4.69) is 20.4 Å². The molecule has 9 nitrogen and oxygen atoms in total. The third-order valence-electron chi connectivity index (χ3n) is 7.15. The van der Waals surface area contributed by atoms with Crippen molar-refractivity contribution in [3.8, 4) is 28.6 Å². The van der Waals surface area contributed by atoms with Crippen LogP contribution in [0.15, 0.2) is 47.0 Å². The van der Waals surface area contributed by atoms with Gasteiger partial charge in [-0.3, -0.25) is 9.69 Å². The van der Waals surface area contributed by atoms with Crippen LogP contribution < -0.4 is 19.5 Å². The number of nitrogens with zero attached hydrogens (tertiary/aromatic N) is 3. The number of rotatable bonds is 9. The van der Waals surface area contributed by atoms with Crippen molar-refractivity contribution in [2.24, 2.45) is 5.92 Å². The molecule has 2 fully saturated rings. The highest BCUT2D eigenvalue weighted by Crippen LogP contribution is 2.31. The number of amides is 1. The van der Waals surface area contributed by atoms with Crippen LogP contribution in [0.5, 0.6) is 17.2 Å². The van der Waals surface area contributed by atoms with Crippen LogP contribution in [-0.2, 0) is 11.3 Å². The molecule has 1 amide bonds. The van der Waals surface area contributed by atoms with E-state index in [1.807, 2.05) is 42.5 Å². The largest absolute Gasteiger partial charge is 0.493 e. The zero-order chi connectivity index (χ0) is 25.6. The van der Waals surface area contributed by atoms with Gasteiger partial charge in [0.15, 0.2) is 11.5 Å². The van der Waals surface area contributed by atoms with Crippen LogP contribution in [0.2, 0.25) is 0 Å². The minimum atomic E-state index is -0.0179. The summed E-state index contributed by atoms with van der Waals surface area (Å²) < 4.78 is 22.2. The molecule has 2 heterocycles. The lowest BCUT2D eigenvalue weighted by atomic mass is 9.96. The van der Waals surface area contributed by atoms with Crippen molar-refractivity contribution in [2.45, 2.75) is 51.2 Å². The molecule has 2 aromatic carbocycles. The van der Waals surface area contributed by atoms with Gasteiger partial charge in [-0.05, 0) is 94.1 Å².